The second-order valence-electron chi connectivity index (χ2n) is 10.0. The Morgan fingerprint density at radius 2 is 1.69 bits per heavy atom. The van der Waals surface area contributed by atoms with Crippen LogP contribution in [0.2, 0.25) is 0 Å². The molecule has 5 nitrogen and oxygen atoms in total. The van der Waals surface area contributed by atoms with E-state index < -0.39 is 11.5 Å². The minimum Gasteiger partial charge on any atom is -0.383 e. The number of fused-ring (bicyclic) bond motifs is 1. The Labute approximate surface area is 228 Å². The van der Waals surface area contributed by atoms with E-state index in [1.54, 1.807) is 12.3 Å². The third-order valence-corrected chi connectivity index (χ3v) is 7.24. The Balaban J connectivity index is 1.79. The van der Waals surface area contributed by atoms with Gasteiger partial charge in [0.15, 0.2) is 0 Å². The van der Waals surface area contributed by atoms with Gasteiger partial charge in [0, 0.05) is 35.4 Å². The lowest BCUT2D eigenvalue weighted by Crippen LogP contribution is -2.43. The molecule has 2 N–H and O–H groups in total. The van der Waals surface area contributed by atoms with E-state index in [9.17, 15) is 15.2 Å². The van der Waals surface area contributed by atoms with E-state index in [0.29, 0.717) is 40.8 Å². The molecule has 4 aromatic rings. The van der Waals surface area contributed by atoms with Crippen molar-refractivity contribution < 1.29 is 5.11 Å². The number of nitrogens with one attached hydrogen (secondary N) is 1. The molecule has 0 fully saturated rings. The van der Waals surface area contributed by atoms with Gasteiger partial charge in [0.1, 0.15) is 5.60 Å². The Morgan fingerprint density at radius 3 is 2.44 bits per heavy atom. The van der Waals surface area contributed by atoms with Crippen LogP contribution in [0.1, 0.15) is 40.2 Å². The molecule has 192 valence electrons. The van der Waals surface area contributed by atoms with E-state index in [1.165, 1.54) is 0 Å². The van der Waals surface area contributed by atoms with Crippen molar-refractivity contribution in [3.63, 3.8) is 0 Å². The smallest absolute Gasteiger partial charge is 0.251 e. The molecule has 1 aliphatic rings. The molecule has 5 heteroatoms. The Morgan fingerprint density at radius 1 is 1.00 bits per heavy atom. The molecule has 1 aliphatic carbocycles. The molecular weight excluding hydrogens is 482 g/mol. The number of aliphatic hydroxyl groups is 1. The van der Waals surface area contributed by atoms with E-state index in [-0.39, 0.29) is 5.56 Å². The molecule has 2 unspecified atom stereocenters. The molecule has 1 heterocycles. The van der Waals surface area contributed by atoms with Gasteiger partial charge in [-0.25, -0.2) is 0 Å². The second kappa shape index (κ2) is 11.0. The number of aromatic nitrogens is 1. The number of nitriles is 1. The summed E-state index contributed by atoms with van der Waals surface area (Å²) >= 11 is 0. The van der Waals surface area contributed by atoms with E-state index in [1.807, 2.05) is 104 Å². The molecule has 5 rings (SSSR count). The largest absolute Gasteiger partial charge is 0.383 e. The number of hydrogen-bond acceptors (Lipinski definition) is 4. The Kier molecular flexibility index (Phi) is 7.30. The van der Waals surface area contributed by atoms with Crippen LogP contribution in [0.3, 0.4) is 0 Å². The minimum atomic E-state index is -1.51. The van der Waals surface area contributed by atoms with Gasteiger partial charge >= 0.3 is 0 Å². The first-order valence-corrected chi connectivity index (χ1v) is 12.9. The van der Waals surface area contributed by atoms with Crippen LogP contribution in [0.15, 0.2) is 107 Å². The Bertz CT molecular complexity index is 1720. The van der Waals surface area contributed by atoms with Crippen molar-refractivity contribution in [2.45, 2.75) is 17.9 Å². The van der Waals surface area contributed by atoms with Crippen molar-refractivity contribution in [3.8, 4) is 17.2 Å². The highest BCUT2D eigenvalue weighted by Crippen LogP contribution is 2.46. The van der Waals surface area contributed by atoms with Gasteiger partial charge in [0.25, 0.3) is 5.56 Å². The monoisotopic (exact) mass is 511 g/mol. The minimum absolute atomic E-state index is 0.297. The fourth-order valence-corrected chi connectivity index (χ4v) is 5.31. The van der Waals surface area contributed by atoms with E-state index in [2.05, 4.69) is 22.5 Å². The normalized spacial score (nSPS) is 14.3. The van der Waals surface area contributed by atoms with Crippen LogP contribution in [0.25, 0.3) is 22.8 Å². The predicted molar refractivity (Wildman–Crippen MR) is 155 cm³/mol. The van der Waals surface area contributed by atoms with Crippen LogP contribution >= 0.6 is 0 Å². The van der Waals surface area contributed by atoms with Gasteiger partial charge in [0.05, 0.1) is 11.6 Å². The molecule has 0 saturated carbocycles. The molecule has 0 aliphatic heterocycles. The fourth-order valence-electron chi connectivity index (χ4n) is 5.31. The summed E-state index contributed by atoms with van der Waals surface area (Å²) in [4.78, 5) is 18.5. The van der Waals surface area contributed by atoms with Crippen molar-refractivity contribution in [2.24, 2.45) is 0 Å². The van der Waals surface area contributed by atoms with E-state index in [4.69, 9.17) is 0 Å². The van der Waals surface area contributed by atoms with E-state index >= 15 is 0 Å². The molecule has 0 amide bonds. The Hall–Kier alpha value is -4.68. The lowest BCUT2D eigenvalue weighted by molar-refractivity contribution is 0.0665. The van der Waals surface area contributed by atoms with Crippen molar-refractivity contribution in [1.82, 2.24) is 9.88 Å². The van der Waals surface area contributed by atoms with Crippen LogP contribution in [0.5, 0.6) is 0 Å². The molecule has 3 aromatic carbocycles. The summed E-state index contributed by atoms with van der Waals surface area (Å²) < 4.78 is 0. The van der Waals surface area contributed by atoms with Crippen molar-refractivity contribution >= 4 is 11.6 Å². The zero-order valence-corrected chi connectivity index (χ0v) is 22.0. The molecule has 1 aromatic heterocycles. The second-order valence-corrected chi connectivity index (χ2v) is 10.0. The standard InChI is InChI=1S/C34H29N3O2/c1-37(2)20-19-34(39,31-18-10-15-24-11-6-9-17-29(24)31)32(25-12-4-3-5-13-25)30-21-27(23-36-33(30)38)28-16-8-7-14-26(28)22-35/h3-9,11-17,21,23,32,39H,19-20H2,1-2H3,(H,36,38). The maximum absolute atomic E-state index is 13.6. The third-order valence-electron chi connectivity index (χ3n) is 7.24. The first-order valence-electron chi connectivity index (χ1n) is 12.9. The summed E-state index contributed by atoms with van der Waals surface area (Å²) in [5, 5.41) is 22.6. The SMILES string of the molecule is CN(C)CCC(O)(C1=C=C=Cc2ccccc21)C(c1ccccc1)c1cc(-c2ccccc2C#N)c[nH]c1=O. The van der Waals surface area contributed by atoms with Gasteiger partial charge in [-0.3, -0.25) is 4.79 Å². The molecule has 0 bridgehead atoms. The number of rotatable bonds is 8. The first kappa shape index (κ1) is 25.9. The number of nitrogens with zero attached hydrogens (tertiary/aromatic N) is 2. The quantitative estimate of drug-likeness (QED) is 0.302. The average molecular weight is 512 g/mol. The fraction of sp³-hybridized carbons (Fsp3) is 0.176. The topological polar surface area (TPSA) is 80.1 Å². The summed E-state index contributed by atoms with van der Waals surface area (Å²) in [5.41, 5.74) is 10.1. The van der Waals surface area contributed by atoms with Gasteiger partial charge in [-0.05, 0) is 61.0 Å². The van der Waals surface area contributed by atoms with Crippen LogP contribution < -0.4 is 5.56 Å². The summed E-state index contributed by atoms with van der Waals surface area (Å²) in [5.74, 6) is -0.730. The lowest BCUT2D eigenvalue weighted by Gasteiger charge is -2.39. The van der Waals surface area contributed by atoms with Crippen LogP contribution in [-0.4, -0.2) is 41.2 Å². The van der Waals surface area contributed by atoms with Gasteiger partial charge < -0.3 is 15.0 Å². The highest BCUT2D eigenvalue weighted by Gasteiger charge is 2.44. The van der Waals surface area contributed by atoms with Gasteiger partial charge in [-0.2, -0.15) is 5.26 Å². The molecular formula is C34H29N3O2. The number of benzene rings is 3. The maximum Gasteiger partial charge on any atom is 0.251 e. The molecule has 0 radical (unpaired) electrons. The first-order chi connectivity index (χ1) is 18.9. The zero-order chi connectivity index (χ0) is 27.4. The number of H-pyrrole nitrogens is 1. The highest BCUT2D eigenvalue weighted by molar-refractivity contribution is 5.82. The zero-order valence-electron chi connectivity index (χ0n) is 22.0. The maximum atomic E-state index is 13.6. The molecule has 0 saturated heterocycles. The van der Waals surface area contributed by atoms with Crippen molar-refractivity contribution in [2.75, 3.05) is 20.6 Å². The summed E-state index contributed by atoms with van der Waals surface area (Å²) in [6, 6.07) is 28.8. The summed E-state index contributed by atoms with van der Waals surface area (Å²) in [6.07, 6.45) is 3.83. The van der Waals surface area contributed by atoms with Crippen molar-refractivity contribution in [3.05, 3.63) is 141 Å². The number of pyridine rings is 1. The number of aromatic amines is 1. The van der Waals surface area contributed by atoms with Crippen molar-refractivity contribution in [1.29, 1.82) is 5.26 Å². The van der Waals surface area contributed by atoms with E-state index in [0.717, 1.165) is 16.7 Å². The predicted octanol–water partition coefficient (Wildman–Crippen LogP) is 5.59. The average Bonchev–Trinajstić information content (AvgIpc) is 2.97. The number of hydrogen-bond donors (Lipinski definition) is 2. The molecule has 2 atom stereocenters. The summed E-state index contributed by atoms with van der Waals surface area (Å²) in [7, 11) is 3.92. The summed E-state index contributed by atoms with van der Waals surface area (Å²) in [6.45, 7) is 0.575. The van der Waals surface area contributed by atoms with Gasteiger partial charge in [0.2, 0.25) is 0 Å². The lowest BCUT2D eigenvalue weighted by atomic mass is 9.69. The van der Waals surface area contributed by atoms with Crippen LogP contribution in [-0.2, 0) is 0 Å². The molecule has 39 heavy (non-hydrogen) atoms. The molecule has 0 spiro atoms. The third kappa shape index (κ3) is 5.07. The highest BCUT2D eigenvalue weighted by atomic mass is 16.3. The van der Waals surface area contributed by atoms with Crippen LogP contribution in [0.4, 0.5) is 0 Å². The van der Waals surface area contributed by atoms with Crippen LogP contribution in [0, 0.1) is 11.3 Å². The van der Waals surface area contributed by atoms with Gasteiger partial charge in [-0.1, -0.05) is 84.3 Å². The van der Waals surface area contributed by atoms with Gasteiger partial charge in [-0.15, -0.1) is 0 Å².